The number of nitrogens with one attached hydrogen (secondary N) is 1. The highest BCUT2D eigenvalue weighted by Crippen LogP contribution is 2.32. The smallest absolute Gasteiger partial charge is 0.0309 e. The molecular formula is C15H30N2S. The zero-order chi connectivity index (χ0) is 13.1. The molecule has 1 N–H and O–H groups in total. The second-order valence-electron chi connectivity index (χ2n) is 6.69. The Morgan fingerprint density at radius 2 is 2.06 bits per heavy atom. The van der Waals surface area contributed by atoms with Crippen LogP contribution in [0.1, 0.15) is 52.9 Å². The van der Waals surface area contributed by atoms with E-state index in [-0.39, 0.29) is 0 Å². The fourth-order valence-electron chi connectivity index (χ4n) is 3.42. The number of hydrogen-bond acceptors (Lipinski definition) is 3. The van der Waals surface area contributed by atoms with Gasteiger partial charge in [-0.3, -0.25) is 0 Å². The van der Waals surface area contributed by atoms with Crippen LogP contribution in [0.4, 0.5) is 0 Å². The summed E-state index contributed by atoms with van der Waals surface area (Å²) in [5.41, 5.74) is 0.438. The molecular weight excluding hydrogens is 240 g/mol. The van der Waals surface area contributed by atoms with E-state index in [1.165, 1.54) is 64.0 Å². The Morgan fingerprint density at radius 3 is 2.72 bits per heavy atom. The van der Waals surface area contributed by atoms with E-state index in [2.05, 4.69) is 42.7 Å². The van der Waals surface area contributed by atoms with Gasteiger partial charge in [0.05, 0.1) is 0 Å². The molecule has 106 valence electrons. The molecule has 0 aromatic rings. The highest BCUT2D eigenvalue weighted by atomic mass is 32.2. The second-order valence-corrected chi connectivity index (χ2v) is 8.50. The molecule has 0 aromatic carbocycles. The lowest BCUT2D eigenvalue weighted by atomic mass is 9.91. The molecule has 2 aliphatic heterocycles. The lowest BCUT2D eigenvalue weighted by molar-refractivity contribution is 0.189. The van der Waals surface area contributed by atoms with Crippen molar-refractivity contribution in [2.24, 2.45) is 0 Å². The summed E-state index contributed by atoms with van der Waals surface area (Å²) in [5.74, 6) is 1.30. The van der Waals surface area contributed by atoms with Crippen LogP contribution in [0.3, 0.4) is 0 Å². The first-order valence-corrected chi connectivity index (χ1v) is 8.65. The van der Waals surface area contributed by atoms with E-state index in [0.29, 0.717) is 10.3 Å². The fourth-order valence-corrected chi connectivity index (χ4v) is 4.56. The second kappa shape index (κ2) is 6.15. The van der Waals surface area contributed by atoms with Gasteiger partial charge in [-0.05, 0) is 38.8 Å². The Balaban J connectivity index is 1.91. The van der Waals surface area contributed by atoms with Crippen LogP contribution in [0.15, 0.2) is 0 Å². The number of thioether (sulfide) groups is 1. The van der Waals surface area contributed by atoms with Gasteiger partial charge in [-0.15, -0.1) is 0 Å². The Labute approximate surface area is 117 Å². The van der Waals surface area contributed by atoms with Gasteiger partial charge in [0, 0.05) is 29.1 Å². The summed E-state index contributed by atoms with van der Waals surface area (Å²) < 4.78 is 0.482. The maximum atomic E-state index is 3.81. The third kappa shape index (κ3) is 3.88. The van der Waals surface area contributed by atoms with Crippen LogP contribution < -0.4 is 5.32 Å². The molecule has 1 atom stereocenters. The molecule has 0 saturated carbocycles. The Kier molecular flexibility index (Phi) is 5.01. The van der Waals surface area contributed by atoms with Gasteiger partial charge in [0.2, 0.25) is 0 Å². The summed E-state index contributed by atoms with van der Waals surface area (Å²) in [5, 5.41) is 3.81. The average Bonchev–Trinajstić information content (AvgIpc) is 2.68. The van der Waals surface area contributed by atoms with E-state index in [1.807, 2.05) is 0 Å². The zero-order valence-electron chi connectivity index (χ0n) is 12.4. The highest BCUT2D eigenvalue weighted by Gasteiger charge is 2.35. The first-order chi connectivity index (χ1) is 8.55. The molecule has 2 saturated heterocycles. The molecule has 2 heterocycles. The molecule has 0 radical (unpaired) electrons. The summed E-state index contributed by atoms with van der Waals surface area (Å²) >= 11 is 2.15. The Hall–Kier alpha value is 0.270. The van der Waals surface area contributed by atoms with Gasteiger partial charge in [-0.1, -0.05) is 27.2 Å². The SMILES string of the molecule is CCCC1(CN2CCSC(C)(C)CC2)CCCN1. The van der Waals surface area contributed by atoms with Crippen LogP contribution in [-0.4, -0.2) is 47.1 Å². The van der Waals surface area contributed by atoms with Crippen molar-refractivity contribution in [3.63, 3.8) is 0 Å². The van der Waals surface area contributed by atoms with E-state index in [9.17, 15) is 0 Å². The summed E-state index contributed by atoms with van der Waals surface area (Å²) in [6.07, 6.45) is 6.74. The number of nitrogens with zero attached hydrogens (tertiary/aromatic N) is 1. The molecule has 2 rings (SSSR count). The van der Waals surface area contributed by atoms with Crippen LogP contribution in [-0.2, 0) is 0 Å². The van der Waals surface area contributed by atoms with Gasteiger partial charge in [0.1, 0.15) is 0 Å². The van der Waals surface area contributed by atoms with E-state index in [0.717, 1.165) is 0 Å². The average molecular weight is 270 g/mol. The molecule has 0 aromatic heterocycles. The third-order valence-corrected chi connectivity index (χ3v) is 5.89. The molecule has 3 heteroatoms. The maximum Gasteiger partial charge on any atom is 0.0309 e. The van der Waals surface area contributed by atoms with E-state index >= 15 is 0 Å². The van der Waals surface area contributed by atoms with Crippen LogP contribution >= 0.6 is 11.8 Å². The highest BCUT2D eigenvalue weighted by molar-refractivity contribution is 8.00. The summed E-state index contributed by atoms with van der Waals surface area (Å²) in [6.45, 7) is 12.2. The molecule has 18 heavy (non-hydrogen) atoms. The minimum absolute atomic E-state index is 0.438. The van der Waals surface area contributed by atoms with Crippen molar-refractivity contribution in [3.8, 4) is 0 Å². The van der Waals surface area contributed by atoms with Gasteiger partial charge in [0.25, 0.3) is 0 Å². The zero-order valence-corrected chi connectivity index (χ0v) is 13.2. The van der Waals surface area contributed by atoms with E-state index < -0.39 is 0 Å². The summed E-state index contributed by atoms with van der Waals surface area (Å²) in [6, 6.07) is 0. The fraction of sp³-hybridized carbons (Fsp3) is 1.00. The maximum absolute atomic E-state index is 3.81. The van der Waals surface area contributed by atoms with Crippen molar-refractivity contribution in [1.29, 1.82) is 0 Å². The predicted molar refractivity (Wildman–Crippen MR) is 82.5 cm³/mol. The topological polar surface area (TPSA) is 15.3 Å². The van der Waals surface area contributed by atoms with Gasteiger partial charge in [-0.25, -0.2) is 0 Å². The van der Waals surface area contributed by atoms with Gasteiger partial charge in [-0.2, -0.15) is 11.8 Å². The van der Waals surface area contributed by atoms with Crippen LogP contribution in [0.25, 0.3) is 0 Å². The first kappa shape index (κ1) is 14.7. The molecule has 2 nitrogen and oxygen atoms in total. The van der Waals surface area contributed by atoms with E-state index in [1.54, 1.807) is 0 Å². The molecule has 2 fully saturated rings. The van der Waals surface area contributed by atoms with Crippen molar-refractivity contribution >= 4 is 11.8 Å². The van der Waals surface area contributed by atoms with Crippen LogP contribution in [0, 0.1) is 0 Å². The van der Waals surface area contributed by atoms with Crippen molar-refractivity contribution in [2.45, 2.75) is 63.2 Å². The summed E-state index contributed by atoms with van der Waals surface area (Å²) in [7, 11) is 0. The normalized spacial score (nSPS) is 33.5. The van der Waals surface area contributed by atoms with Crippen molar-refractivity contribution in [1.82, 2.24) is 10.2 Å². The lowest BCUT2D eigenvalue weighted by Gasteiger charge is -2.35. The van der Waals surface area contributed by atoms with Gasteiger partial charge >= 0.3 is 0 Å². The standard InChI is InChI=1S/C15H30N2S/c1-4-6-15(7-5-9-16-15)13-17-10-8-14(2,3)18-12-11-17/h16H,4-13H2,1-3H3. The molecule has 0 aliphatic carbocycles. The Morgan fingerprint density at radius 1 is 1.22 bits per heavy atom. The monoisotopic (exact) mass is 270 g/mol. The van der Waals surface area contributed by atoms with E-state index in [4.69, 9.17) is 0 Å². The third-order valence-electron chi connectivity index (χ3n) is 4.52. The minimum atomic E-state index is 0.438. The number of hydrogen-bond donors (Lipinski definition) is 1. The van der Waals surface area contributed by atoms with Crippen molar-refractivity contribution in [3.05, 3.63) is 0 Å². The first-order valence-electron chi connectivity index (χ1n) is 7.67. The molecule has 0 bridgehead atoms. The minimum Gasteiger partial charge on any atom is -0.310 e. The molecule has 0 amide bonds. The Bertz CT molecular complexity index is 259. The van der Waals surface area contributed by atoms with Crippen LogP contribution in [0.2, 0.25) is 0 Å². The number of rotatable bonds is 4. The molecule has 1 unspecified atom stereocenters. The lowest BCUT2D eigenvalue weighted by Crippen LogP contribution is -2.50. The van der Waals surface area contributed by atoms with Gasteiger partial charge < -0.3 is 10.2 Å². The van der Waals surface area contributed by atoms with Crippen molar-refractivity contribution in [2.75, 3.05) is 31.9 Å². The summed E-state index contributed by atoms with van der Waals surface area (Å²) in [4.78, 5) is 2.72. The van der Waals surface area contributed by atoms with Crippen molar-refractivity contribution < 1.29 is 0 Å². The molecule has 2 aliphatic rings. The van der Waals surface area contributed by atoms with Crippen LogP contribution in [0.5, 0.6) is 0 Å². The van der Waals surface area contributed by atoms with Gasteiger partial charge in [0.15, 0.2) is 0 Å². The molecule has 0 spiro atoms. The largest absolute Gasteiger partial charge is 0.310 e. The predicted octanol–water partition coefficient (Wildman–Crippen LogP) is 3.13. The quantitative estimate of drug-likeness (QED) is 0.845.